The maximum absolute atomic E-state index is 4.57. The van der Waals surface area contributed by atoms with Crippen LogP contribution >= 0.6 is 0 Å². The predicted octanol–water partition coefficient (Wildman–Crippen LogP) is 5.65. The van der Waals surface area contributed by atoms with Gasteiger partial charge in [0.2, 0.25) is 0 Å². The van der Waals surface area contributed by atoms with E-state index in [4.69, 9.17) is 0 Å². The van der Waals surface area contributed by atoms with Crippen molar-refractivity contribution < 1.29 is 0 Å². The van der Waals surface area contributed by atoms with Gasteiger partial charge in [0.25, 0.3) is 0 Å². The van der Waals surface area contributed by atoms with Crippen molar-refractivity contribution >= 4 is 16.5 Å². The van der Waals surface area contributed by atoms with Crippen LogP contribution in [-0.4, -0.2) is 5.71 Å². The van der Waals surface area contributed by atoms with Crippen molar-refractivity contribution in [2.24, 2.45) is 10.9 Å². The van der Waals surface area contributed by atoms with Crippen molar-refractivity contribution in [3.05, 3.63) is 60.3 Å². The standard InChI is InChI=1S/C18H21N.CH4/c1-13(2)15(4)19-14(3)11-16-9-10-17-7-5-6-8-18(17)12-16;/h5-10,12-13H,4,11H2,1-3H3;1H4. The van der Waals surface area contributed by atoms with E-state index < -0.39 is 0 Å². The number of fused-ring (bicyclic) bond motifs is 1. The van der Waals surface area contributed by atoms with Gasteiger partial charge in [0.05, 0.1) is 0 Å². The van der Waals surface area contributed by atoms with Crippen molar-refractivity contribution in [3.8, 4) is 0 Å². The van der Waals surface area contributed by atoms with Gasteiger partial charge >= 0.3 is 0 Å². The van der Waals surface area contributed by atoms with Crippen LogP contribution in [-0.2, 0) is 6.42 Å². The summed E-state index contributed by atoms with van der Waals surface area (Å²) < 4.78 is 0. The van der Waals surface area contributed by atoms with E-state index in [1.807, 2.05) is 0 Å². The molecule has 0 saturated carbocycles. The molecule has 0 amide bonds. The average Bonchev–Trinajstić information content (AvgIpc) is 2.38. The van der Waals surface area contributed by atoms with E-state index in [1.165, 1.54) is 16.3 Å². The maximum atomic E-state index is 4.57. The van der Waals surface area contributed by atoms with Gasteiger partial charge in [0.1, 0.15) is 0 Å². The summed E-state index contributed by atoms with van der Waals surface area (Å²) in [6.45, 7) is 10.3. The quantitative estimate of drug-likeness (QED) is 0.635. The van der Waals surface area contributed by atoms with Crippen LogP contribution in [0.25, 0.3) is 10.8 Å². The number of hydrogen-bond donors (Lipinski definition) is 0. The Hall–Kier alpha value is -1.89. The van der Waals surface area contributed by atoms with E-state index in [-0.39, 0.29) is 7.43 Å². The van der Waals surface area contributed by atoms with Crippen molar-refractivity contribution in [2.75, 3.05) is 0 Å². The molecule has 2 aromatic rings. The minimum atomic E-state index is 0. The van der Waals surface area contributed by atoms with Gasteiger partial charge in [-0.3, -0.25) is 4.99 Å². The number of allylic oxidation sites excluding steroid dienone is 1. The fourth-order valence-corrected chi connectivity index (χ4v) is 2.06. The van der Waals surface area contributed by atoms with Crippen LogP contribution in [0, 0.1) is 5.92 Å². The first-order chi connectivity index (χ1) is 9.06. The number of hydrogen-bond acceptors (Lipinski definition) is 1. The van der Waals surface area contributed by atoms with Crippen molar-refractivity contribution in [1.82, 2.24) is 0 Å². The van der Waals surface area contributed by atoms with Crippen LogP contribution in [0.2, 0.25) is 0 Å². The molecule has 0 aromatic heterocycles. The lowest BCUT2D eigenvalue weighted by atomic mass is 10.0. The van der Waals surface area contributed by atoms with Gasteiger partial charge in [-0.25, -0.2) is 0 Å². The zero-order valence-corrected chi connectivity index (χ0v) is 12.0. The van der Waals surface area contributed by atoms with Crippen molar-refractivity contribution in [3.63, 3.8) is 0 Å². The van der Waals surface area contributed by atoms with Gasteiger partial charge in [0.15, 0.2) is 0 Å². The molecule has 2 rings (SSSR count). The molecular formula is C19H25N. The van der Waals surface area contributed by atoms with Crippen LogP contribution in [0.4, 0.5) is 0 Å². The third-order valence-electron chi connectivity index (χ3n) is 3.27. The zero-order valence-electron chi connectivity index (χ0n) is 12.0. The highest BCUT2D eigenvalue weighted by molar-refractivity contribution is 5.88. The van der Waals surface area contributed by atoms with Gasteiger partial charge in [0, 0.05) is 17.8 Å². The molecule has 1 nitrogen and oxygen atoms in total. The number of rotatable bonds is 4. The molecule has 0 aliphatic heterocycles. The number of nitrogens with zero attached hydrogens (tertiary/aromatic N) is 1. The van der Waals surface area contributed by atoms with Gasteiger partial charge in [-0.15, -0.1) is 0 Å². The summed E-state index contributed by atoms with van der Waals surface area (Å²) in [5.41, 5.74) is 3.38. The second-order valence-electron chi connectivity index (χ2n) is 5.35. The molecule has 0 N–H and O–H groups in total. The molecule has 0 aliphatic rings. The van der Waals surface area contributed by atoms with Crippen molar-refractivity contribution in [2.45, 2.75) is 34.6 Å². The molecule has 1 heteroatoms. The normalized spacial score (nSPS) is 11.5. The van der Waals surface area contributed by atoms with Gasteiger partial charge in [-0.05, 0) is 29.2 Å². The van der Waals surface area contributed by atoms with Crippen molar-refractivity contribution in [1.29, 1.82) is 0 Å². The monoisotopic (exact) mass is 267 g/mol. The Balaban J connectivity index is 0.00000200. The van der Waals surface area contributed by atoms with Crippen LogP contribution in [0.5, 0.6) is 0 Å². The summed E-state index contributed by atoms with van der Waals surface area (Å²) >= 11 is 0. The fourth-order valence-electron chi connectivity index (χ4n) is 2.06. The van der Waals surface area contributed by atoms with Gasteiger partial charge in [-0.1, -0.05) is 70.3 Å². The number of benzene rings is 2. The van der Waals surface area contributed by atoms with E-state index in [0.717, 1.165) is 17.8 Å². The molecule has 0 saturated heterocycles. The molecule has 2 aromatic carbocycles. The first kappa shape index (κ1) is 16.2. The van der Waals surface area contributed by atoms with Gasteiger partial charge < -0.3 is 0 Å². The highest BCUT2D eigenvalue weighted by atomic mass is 14.8. The Kier molecular flexibility index (Phi) is 5.69. The van der Waals surface area contributed by atoms with E-state index in [0.29, 0.717) is 5.92 Å². The molecule has 106 valence electrons. The van der Waals surface area contributed by atoms with E-state index in [2.05, 4.69) is 74.8 Å². The molecule has 0 heterocycles. The summed E-state index contributed by atoms with van der Waals surface area (Å²) in [5, 5.41) is 2.57. The molecule has 0 atom stereocenters. The average molecular weight is 267 g/mol. The molecule has 0 bridgehead atoms. The molecular weight excluding hydrogens is 242 g/mol. The van der Waals surface area contributed by atoms with E-state index in [9.17, 15) is 0 Å². The first-order valence-corrected chi connectivity index (χ1v) is 6.77. The lowest BCUT2D eigenvalue weighted by molar-refractivity contribution is 0.761. The molecule has 0 aliphatic carbocycles. The van der Waals surface area contributed by atoms with Crippen LogP contribution < -0.4 is 0 Å². The third kappa shape index (κ3) is 4.06. The molecule has 0 unspecified atom stereocenters. The minimum absolute atomic E-state index is 0. The zero-order chi connectivity index (χ0) is 13.8. The summed E-state index contributed by atoms with van der Waals surface area (Å²) in [7, 11) is 0. The Morgan fingerprint density at radius 3 is 2.40 bits per heavy atom. The minimum Gasteiger partial charge on any atom is -0.263 e. The van der Waals surface area contributed by atoms with Crippen LogP contribution in [0.3, 0.4) is 0 Å². The summed E-state index contributed by atoms with van der Waals surface area (Å²) in [4.78, 5) is 4.57. The highest BCUT2D eigenvalue weighted by Gasteiger charge is 2.01. The molecule has 20 heavy (non-hydrogen) atoms. The lowest BCUT2D eigenvalue weighted by Gasteiger charge is -2.07. The second-order valence-corrected chi connectivity index (χ2v) is 5.35. The molecule has 0 spiro atoms. The Bertz CT molecular complexity index is 620. The fraction of sp³-hybridized carbons (Fsp3) is 0.316. The second kappa shape index (κ2) is 7.04. The summed E-state index contributed by atoms with van der Waals surface area (Å²) in [5.74, 6) is 0.409. The van der Waals surface area contributed by atoms with Crippen LogP contribution in [0.1, 0.15) is 33.8 Å². The smallest absolute Gasteiger partial charge is 0.0356 e. The Morgan fingerprint density at radius 2 is 1.75 bits per heavy atom. The summed E-state index contributed by atoms with van der Waals surface area (Å²) in [6.07, 6.45) is 0.885. The SMILES string of the molecule is C.C=C(N=C(C)Cc1ccc2ccccc2c1)C(C)C. The van der Waals surface area contributed by atoms with E-state index in [1.54, 1.807) is 0 Å². The maximum Gasteiger partial charge on any atom is 0.0356 e. The summed E-state index contributed by atoms with van der Waals surface area (Å²) in [6, 6.07) is 15.0. The molecule has 0 radical (unpaired) electrons. The lowest BCUT2D eigenvalue weighted by Crippen LogP contribution is -2.00. The molecule has 0 fully saturated rings. The largest absolute Gasteiger partial charge is 0.263 e. The Labute approximate surface area is 123 Å². The number of aliphatic imine (C=N–C) groups is 1. The van der Waals surface area contributed by atoms with Gasteiger partial charge in [-0.2, -0.15) is 0 Å². The Morgan fingerprint density at radius 1 is 1.10 bits per heavy atom. The third-order valence-corrected chi connectivity index (χ3v) is 3.27. The topological polar surface area (TPSA) is 12.4 Å². The van der Waals surface area contributed by atoms with Crippen LogP contribution in [0.15, 0.2) is 59.7 Å². The predicted molar refractivity (Wildman–Crippen MR) is 91.5 cm³/mol. The first-order valence-electron chi connectivity index (χ1n) is 6.77. The van der Waals surface area contributed by atoms with E-state index >= 15 is 0 Å². The highest BCUT2D eigenvalue weighted by Crippen LogP contribution is 2.17.